The van der Waals surface area contributed by atoms with Crippen molar-refractivity contribution in [2.75, 3.05) is 13.2 Å². The molecule has 0 saturated carbocycles. The maximum atomic E-state index is 12.3. The monoisotopic (exact) mass is 433 g/mol. The van der Waals surface area contributed by atoms with Gasteiger partial charge in [0, 0.05) is 12.5 Å². The van der Waals surface area contributed by atoms with Crippen molar-refractivity contribution in [3.8, 4) is 11.1 Å². The number of fused-ring (bicyclic) bond motifs is 4. The molecule has 1 N–H and O–H groups in total. The average molecular weight is 434 g/mol. The number of alkyl carbamates (subject to hydrolysis) is 1. The van der Waals surface area contributed by atoms with Crippen molar-refractivity contribution >= 4 is 22.9 Å². The van der Waals surface area contributed by atoms with Crippen LogP contribution in [0.2, 0.25) is 0 Å². The summed E-state index contributed by atoms with van der Waals surface area (Å²) >= 11 is 0. The third kappa shape index (κ3) is 4.27. The standard InChI is InChI=1S/C30H27NO2/c1-21-17-18-22-10-2-3-12-24(22)23(21)11-8-9-19-31-30(32)33-20-29-27-15-6-4-13-25(27)26-14-5-7-16-28(26)29/h2-8,10-18,29H,9,19-20H2,1H3,(H,31,32). The van der Waals surface area contributed by atoms with Crippen molar-refractivity contribution in [2.45, 2.75) is 19.3 Å². The lowest BCUT2D eigenvalue weighted by atomic mass is 9.98. The number of aryl methyl sites for hydroxylation is 1. The molecule has 0 fully saturated rings. The van der Waals surface area contributed by atoms with Gasteiger partial charge in [-0.1, -0.05) is 97.1 Å². The molecule has 1 aliphatic rings. The van der Waals surface area contributed by atoms with Crippen LogP contribution in [0, 0.1) is 6.92 Å². The van der Waals surface area contributed by atoms with Crippen LogP contribution in [0.3, 0.4) is 0 Å². The quantitative estimate of drug-likeness (QED) is 0.330. The molecule has 0 atom stereocenters. The molecule has 4 aromatic carbocycles. The molecule has 164 valence electrons. The Bertz CT molecular complexity index is 1290. The number of amides is 1. The highest BCUT2D eigenvalue weighted by molar-refractivity contribution is 5.91. The van der Waals surface area contributed by atoms with Crippen molar-refractivity contribution in [2.24, 2.45) is 0 Å². The fourth-order valence-electron chi connectivity index (χ4n) is 4.73. The summed E-state index contributed by atoms with van der Waals surface area (Å²) < 4.78 is 5.61. The second-order valence-electron chi connectivity index (χ2n) is 8.46. The van der Waals surface area contributed by atoms with Crippen LogP contribution in [-0.2, 0) is 4.74 Å². The first-order valence-electron chi connectivity index (χ1n) is 11.5. The van der Waals surface area contributed by atoms with Crippen molar-refractivity contribution in [3.63, 3.8) is 0 Å². The number of ether oxygens (including phenoxy) is 1. The molecule has 0 aliphatic heterocycles. The minimum atomic E-state index is -0.369. The normalized spacial score (nSPS) is 12.6. The Hall–Kier alpha value is -3.85. The van der Waals surface area contributed by atoms with E-state index >= 15 is 0 Å². The van der Waals surface area contributed by atoms with E-state index in [1.807, 2.05) is 12.1 Å². The molecule has 0 saturated heterocycles. The Labute approximate surface area is 194 Å². The van der Waals surface area contributed by atoms with Crippen molar-refractivity contribution in [3.05, 3.63) is 113 Å². The molecule has 0 unspecified atom stereocenters. The predicted octanol–water partition coefficient (Wildman–Crippen LogP) is 7.09. The van der Waals surface area contributed by atoms with E-state index < -0.39 is 0 Å². The second kappa shape index (κ2) is 9.33. The maximum absolute atomic E-state index is 12.3. The molecule has 0 bridgehead atoms. The van der Waals surface area contributed by atoms with Crippen molar-refractivity contribution in [1.29, 1.82) is 0 Å². The summed E-state index contributed by atoms with van der Waals surface area (Å²) in [5.41, 5.74) is 7.38. The lowest BCUT2D eigenvalue weighted by Crippen LogP contribution is -2.26. The number of rotatable bonds is 6. The van der Waals surface area contributed by atoms with Gasteiger partial charge in [0.15, 0.2) is 0 Å². The Morgan fingerprint density at radius 2 is 1.55 bits per heavy atom. The van der Waals surface area contributed by atoms with Crippen LogP contribution in [-0.4, -0.2) is 19.2 Å². The Kier molecular flexibility index (Phi) is 5.95. The highest BCUT2D eigenvalue weighted by atomic mass is 16.5. The highest BCUT2D eigenvalue weighted by Crippen LogP contribution is 2.44. The van der Waals surface area contributed by atoms with Crippen LogP contribution >= 0.6 is 0 Å². The lowest BCUT2D eigenvalue weighted by molar-refractivity contribution is 0.143. The predicted molar refractivity (Wildman–Crippen MR) is 135 cm³/mol. The highest BCUT2D eigenvalue weighted by Gasteiger charge is 2.28. The fourth-order valence-corrected chi connectivity index (χ4v) is 4.73. The van der Waals surface area contributed by atoms with Gasteiger partial charge in [-0.25, -0.2) is 4.79 Å². The van der Waals surface area contributed by atoms with Gasteiger partial charge < -0.3 is 10.1 Å². The van der Waals surface area contributed by atoms with Gasteiger partial charge in [0.25, 0.3) is 0 Å². The Balaban J connectivity index is 1.16. The minimum Gasteiger partial charge on any atom is -0.449 e. The zero-order valence-electron chi connectivity index (χ0n) is 18.8. The van der Waals surface area contributed by atoms with E-state index in [9.17, 15) is 4.79 Å². The first-order chi connectivity index (χ1) is 16.2. The van der Waals surface area contributed by atoms with Gasteiger partial charge >= 0.3 is 6.09 Å². The van der Waals surface area contributed by atoms with E-state index in [1.54, 1.807) is 0 Å². The van der Waals surface area contributed by atoms with Gasteiger partial charge in [0.2, 0.25) is 0 Å². The third-order valence-electron chi connectivity index (χ3n) is 6.40. The molecule has 3 heteroatoms. The SMILES string of the molecule is Cc1ccc2ccccc2c1C=CCCNC(=O)OCC1c2ccccc2-c2ccccc21. The largest absolute Gasteiger partial charge is 0.449 e. The van der Waals surface area contributed by atoms with Gasteiger partial charge in [-0.2, -0.15) is 0 Å². The summed E-state index contributed by atoms with van der Waals surface area (Å²) in [5, 5.41) is 5.36. The molecule has 3 nitrogen and oxygen atoms in total. The van der Waals surface area contributed by atoms with E-state index in [4.69, 9.17) is 4.74 Å². The topological polar surface area (TPSA) is 38.3 Å². The number of carbonyl (C=O) groups is 1. The van der Waals surface area contributed by atoms with Crippen LogP contribution in [0.25, 0.3) is 28.0 Å². The van der Waals surface area contributed by atoms with Crippen LogP contribution in [0.15, 0.2) is 91.0 Å². The summed E-state index contributed by atoms with van der Waals surface area (Å²) in [6.07, 6.45) is 4.63. The maximum Gasteiger partial charge on any atom is 0.407 e. The molecule has 33 heavy (non-hydrogen) atoms. The summed E-state index contributed by atoms with van der Waals surface area (Å²) in [6, 6.07) is 29.4. The van der Waals surface area contributed by atoms with E-state index in [2.05, 4.69) is 97.2 Å². The summed E-state index contributed by atoms with van der Waals surface area (Å²) in [6.45, 7) is 3.00. The summed E-state index contributed by atoms with van der Waals surface area (Å²) in [4.78, 5) is 12.3. The number of nitrogens with one attached hydrogen (secondary N) is 1. The van der Waals surface area contributed by atoms with E-state index in [-0.39, 0.29) is 12.0 Å². The second-order valence-corrected chi connectivity index (χ2v) is 8.46. The van der Waals surface area contributed by atoms with Gasteiger partial charge in [-0.3, -0.25) is 0 Å². The first-order valence-corrected chi connectivity index (χ1v) is 11.5. The van der Waals surface area contributed by atoms with Gasteiger partial charge in [-0.15, -0.1) is 0 Å². The van der Waals surface area contributed by atoms with Crippen LogP contribution in [0.1, 0.15) is 34.6 Å². The summed E-state index contributed by atoms with van der Waals surface area (Å²) in [7, 11) is 0. The zero-order chi connectivity index (χ0) is 22.6. The molecule has 5 rings (SSSR count). The fraction of sp³-hybridized carbons (Fsp3) is 0.167. The molecular weight excluding hydrogens is 406 g/mol. The first kappa shape index (κ1) is 21.0. The van der Waals surface area contributed by atoms with Crippen LogP contribution in [0.4, 0.5) is 4.79 Å². The van der Waals surface area contributed by atoms with E-state index in [1.165, 1.54) is 44.2 Å². The smallest absolute Gasteiger partial charge is 0.407 e. The minimum absolute atomic E-state index is 0.0809. The molecule has 0 spiro atoms. The van der Waals surface area contributed by atoms with Gasteiger partial charge in [-0.05, 0) is 57.5 Å². The number of benzene rings is 4. The lowest BCUT2D eigenvalue weighted by Gasteiger charge is -2.14. The summed E-state index contributed by atoms with van der Waals surface area (Å²) in [5.74, 6) is 0.0809. The number of carbonyl (C=O) groups excluding carboxylic acids is 1. The Morgan fingerprint density at radius 1 is 0.879 bits per heavy atom. The average Bonchev–Trinajstić information content (AvgIpc) is 3.17. The van der Waals surface area contributed by atoms with Gasteiger partial charge in [0.1, 0.15) is 6.61 Å². The zero-order valence-corrected chi connectivity index (χ0v) is 18.8. The molecule has 0 radical (unpaired) electrons. The number of hydrogen-bond donors (Lipinski definition) is 1. The van der Waals surface area contributed by atoms with E-state index in [0.717, 1.165) is 6.42 Å². The van der Waals surface area contributed by atoms with E-state index in [0.29, 0.717) is 13.2 Å². The molecule has 0 aromatic heterocycles. The third-order valence-corrected chi connectivity index (χ3v) is 6.40. The van der Waals surface area contributed by atoms with Gasteiger partial charge in [0.05, 0.1) is 0 Å². The van der Waals surface area contributed by atoms with Crippen molar-refractivity contribution < 1.29 is 9.53 Å². The number of hydrogen-bond acceptors (Lipinski definition) is 2. The molecule has 0 heterocycles. The molecule has 1 amide bonds. The molecule has 4 aromatic rings. The molecular formula is C30H27NO2. The molecule has 1 aliphatic carbocycles. The van der Waals surface area contributed by atoms with Crippen molar-refractivity contribution in [1.82, 2.24) is 5.32 Å². The Morgan fingerprint density at radius 3 is 2.30 bits per heavy atom. The van der Waals surface area contributed by atoms with Crippen LogP contribution < -0.4 is 5.32 Å². The van der Waals surface area contributed by atoms with Crippen LogP contribution in [0.5, 0.6) is 0 Å².